The van der Waals surface area contributed by atoms with E-state index in [1.165, 1.54) is 12.8 Å². The van der Waals surface area contributed by atoms with Crippen LogP contribution in [-0.4, -0.2) is 77.9 Å². The maximum absolute atomic E-state index is 13.6. The molecule has 0 saturated carbocycles. The molecule has 2 aliphatic heterocycles. The number of fused-ring (bicyclic) bond motifs is 1. The lowest BCUT2D eigenvalue weighted by atomic mass is 9.83. The van der Waals surface area contributed by atoms with Crippen molar-refractivity contribution in [2.45, 2.75) is 104 Å². The van der Waals surface area contributed by atoms with Gasteiger partial charge < -0.3 is 19.4 Å². The predicted molar refractivity (Wildman–Crippen MR) is 197 cm³/mol. The van der Waals surface area contributed by atoms with Gasteiger partial charge >= 0.3 is 6.09 Å². The normalized spacial score (nSPS) is 20.2. The Labute approximate surface area is 293 Å². The average molecular weight is 687 g/mol. The number of likely N-dealkylation sites (tertiary alicyclic amines) is 1. The summed E-state index contributed by atoms with van der Waals surface area (Å²) in [5.74, 6) is 1.81. The first kappa shape index (κ1) is 36.5. The molecule has 1 aromatic carbocycles. The summed E-state index contributed by atoms with van der Waals surface area (Å²) in [7, 11) is 0.0441. The number of amides is 1. The minimum absolute atomic E-state index is 0.0142. The highest BCUT2D eigenvalue weighted by atomic mass is 28.4. The van der Waals surface area contributed by atoms with Gasteiger partial charge in [-0.15, -0.1) is 0 Å². The monoisotopic (exact) mass is 686 g/mol. The van der Waals surface area contributed by atoms with E-state index in [9.17, 15) is 10.1 Å². The topological polar surface area (TPSA) is 121 Å². The van der Waals surface area contributed by atoms with Crippen molar-refractivity contribution in [2.75, 3.05) is 43.5 Å². The van der Waals surface area contributed by atoms with Crippen molar-refractivity contribution in [2.24, 2.45) is 5.92 Å². The Morgan fingerprint density at radius 1 is 1.18 bits per heavy atom. The number of ether oxygens (including phenoxy) is 1. The molecule has 12 heteroatoms. The quantitative estimate of drug-likeness (QED) is 0.238. The third-order valence-electron chi connectivity index (χ3n) is 10.1. The van der Waals surface area contributed by atoms with E-state index in [1.54, 1.807) is 17.2 Å². The molecule has 3 aromatic rings. The number of anilines is 3. The van der Waals surface area contributed by atoms with Crippen LogP contribution >= 0.6 is 0 Å². The van der Waals surface area contributed by atoms with E-state index in [-0.39, 0.29) is 5.04 Å². The number of rotatable bonds is 8. The minimum atomic E-state index is -2.13. The maximum atomic E-state index is 13.6. The smallest absolute Gasteiger partial charge is 0.414 e. The van der Waals surface area contributed by atoms with E-state index in [1.807, 2.05) is 44.5 Å². The van der Waals surface area contributed by atoms with Crippen LogP contribution in [0.5, 0.6) is 0 Å². The van der Waals surface area contributed by atoms with Crippen LogP contribution in [0.15, 0.2) is 30.5 Å². The van der Waals surface area contributed by atoms with Gasteiger partial charge in [-0.2, -0.15) is 10.4 Å². The number of hydrogen-bond acceptors (Lipinski definition) is 9. The highest BCUT2D eigenvalue weighted by Crippen LogP contribution is 2.47. The van der Waals surface area contributed by atoms with Gasteiger partial charge in [0.2, 0.25) is 5.95 Å². The summed E-state index contributed by atoms with van der Waals surface area (Å²) in [6.45, 7) is 24.5. The summed E-state index contributed by atoms with van der Waals surface area (Å²) in [5, 5.41) is 18.7. The Morgan fingerprint density at radius 2 is 1.92 bits per heavy atom. The van der Waals surface area contributed by atoms with Crippen LogP contribution in [0, 0.1) is 24.2 Å². The molecule has 1 unspecified atom stereocenters. The van der Waals surface area contributed by atoms with E-state index in [0.29, 0.717) is 42.0 Å². The zero-order valence-corrected chi connectivity index (χ0v) is 32.3. The molecule has 11 nitrogen and oxygen atoms in total. The number of nitriles is 1. The maximum Gasteiger partial charge on any atom is 0.414 e. The second-order valence-corrected chi connectivity index (χ2v) is 21.5. The van der Waals surface area contributed by atoms with Crippen molar-refractivity contribution in [3.63, 3.8) is 0 Å². The van der Waals surface area contributed by atoms with Crippen LogP contribution in [0.4, 0.5) is 22.2 Å². The standard InChI is InChI=1S/C37H54N8O3Si/c1-25-17-31(45(42-25)22-26-13-12-16-43(9)21-26)41-33-39-15-14-30(40-33)27-18-28(20-38)32-29(19-27)37(8,24-47-49(10,11)36(5,6)7)23-44(32)34(46)48-35(2,3)4/h14-15,17-19,26H,12-13,16,21-24H2,1-11H3,(H,39,40,41)/t26?,37-/m1/s1. The summed E-state index contributed by atoms with van der Waals surface area (Å²) >= 11 is 0. The molecule has 1 amide bonds. The molecule has 1 N–H and O–H groups in total. The zero-order chi connectivity index (χ0) is 35.9. The van der Waals surface area contributed by atoms with Crippen molar-refractivity contribution in [3.05, 3.63) is 47.3 Å². The Kier molecular flexibility index (Phi) is 10.0. The van der Waals surface area contributed by atoms with E-state index in [0.717, 1.165) is 42.3 Å². The summed E-state index contributed by atoms with van der Waals surface area (Å²) < 4.78 is 14.6. The molecule has 5 rings (SSSR count). The molecule has 1 saturated heterocycles. The lowest BCUT2D eigenvalue weighted by Crippen LogP contribution is -2.46. The molecule has 264 valence electrons. The number of carbonyl (C=O) groups is 1. The fraction of sp³-hybridized carbons (Fsp3) is 0.595. The number of hydrogen-bond donors (Lipinski definition) is 1. The first-order valence-corrected chi connectivity index (χ1v) is 20.3. The summed E-state index contributed by atoms with van der Waals surface area (Å²) in [4.78, 5) is 27.0. The molecule has 0 radical (unpaired) electrons. The Morgan fingerprint density at radius 3 is 2.57 bits per heavy atom. The molecule has 4 heterocycles. The largest absolute Gasteiger partial charge is 0.443 e. The van der Waals surface area contributed by atoms with Crippen LogP contribution in [0.2, 0.25) is 18.1 Å². The van der Waals surface area contributed by atoms with Crippen LogP contribution in [0.25, 0.3) is 11.3 Å². The fourth-order valence-corrected chi connectivity index (χ4v) is 7.54. The molecule has 0 spiro atoms. The number of piperidine rings is 1. The summed E-state index contributed by atoms with van der Waals surface area (Å²) in [6, 6.07) is 10.1. The van der Waals surface area contributed by atoms with Gasteiger partial charge in [0, 0.05) is 49.5 Å². The number of benzene rings is 1. The third-order valence-corrected chi connectivity index (χ3v) is 14.6. The van der Waals surface area contributed by atoms with E-state index >= 15 is 0 Å². The van der Waals surface area contributed by atoms with Crippen LogP contribution in [0.3, 0.4) is 0 Å². The van der Waals surface area contributed by atoms with Gasteiger partial charge in [0.15, 0.2) is 8.32 Å². The van der Waals surface area contributed by atoms with Crippen molar-refractivity contribution in [1.29, 1.82) is 5.26 Å². The van der Waals surface area contributed by atoms with Crippen LogP contribution in [0.1, 0.15) is 78.1 Å². The summed E-state index contributed by atoms with van der Waals surface area (Å²) in [6.07, 6.45) is 3.62. The molecule has 0 bridgehead atoms. The predicted octanol–water partition coefficient (Wildman–Crippen LogP) is 7.64. The molecule has 2 aromatic heterocycles. The zero-order valence-electron chi connectivity index (χ0n) is 31.3. The van der Waals surface area contributed by atoms with Gasteiger partial charge in [0.05, 0.1) is 22.6 Å². The molecule has 0 aliphatic carbocycles. The highest BCUT2D eigenvalue weighted by molar-refractivity contribution is 6.74. The van der Waals surface area contributed by atoms with Crippen molar-refractivity contribution >= 4 is 31.9 Å². The number of nitrogens with zero attached hydrogens (tertiary/aromatic N) is 7. The van der Waals surface area contributed by atoms with Crippen LogP contribution in [-0.2, 0) is 21.1 Å². The molecular weight excluding hydrogens is 633 g/mol. The fourth-order valence-electron chi connectivity index (χ4n) is 6.43. The second kappa shape index (κ2) is 13.5. The van der Waals surface area contributed by atoms with Crippen molar-refractivity contribution < 1.29 is 14.0 Å². The highest BCUT2D eigenvalue weighted by Gasteiger charge is 2.47. The van der Waals surface area contributed by atoms with E-state index in [4.69, 9.17) is 19.2 Å². The first-order valence-electron chi connectivity index (χ1n) is 17.4. The SMILES string of the molecule is Cc1cc(Nc2nccc(-c3cc(C#N)c4c(c3)[C@@](C)(CO[Si](C)(C)C(C)(C)C)CN4C(=O)OC(C)(C)C)n2)n(CC2CCCN(C)C2)n1. The van der Waals surface area contributed by atoms with Gasteiger partial charge in [-0.1, -0.05) is 27.7 Å². The third kappa shape index (κ3) is 8.17. The number of carbonyl (C=O) groups excluding carboxylic acids is 1. The molecule has 49 heavy (non-hydrogen) atoms. The van der Waals surface area contributed by atoms with Gasteiger partial charge in [-0.05, 0) is 102 Å². The number of aromatic nitrogens is 4. The van der Waals surface area contributed by atoms with Crippen molar-refractivity contribution in [3.8, 4) is 17.3 Å². The molecule has 2 atom stereocenters. The first-order chi connectivity index (χ1) is 22.8. The lowest BCUT2D eigenvalue weighted by Gasteiger charge is -2.39. The van der Waals surface area contributed by atoms with Gasteiger partial charge in [0.25, 0.3) is 0 Å². The Hall–Kier alpha value is -3.79. The van der Waals surface area contributed by atoms with Gasteiger partial charge in [-0.25, -0.2) is 19.4 Å². The summed E-state index contributed by atoms with van der Waals surface area (Å²) in [5.41, 5.74) is 2.90. The Bertz CT molecular complexity index is 1730. The molecule has 2 aliphatic rings. The minimum Gasteiger partial charge on any atom is -0.443 e. The van der Waals surface area contributed by atoms with Crippen LogP contribution < -0.4 is 10.2 Å². The van der Waals surface area contributed by atoms with E-state index < -0.39 is 25.4 Å². The average Bonchev–Trinajstić information content (AvgIpc) is 3.50. The molecular formula is C37H54N8O3Si. The number of nitrogens with one attached hydrogen (secondary N) is 1. The second-order valence-electron chi connectivity index (χ2n) is 16.7. The lowest BCUT2D eigenvalue weighted by molar-refractivity contribution is 0.0575. The number of aryl methyl sites for hydroxylation is 1. The van der Waals surface area contributed by atoms with Gasteiger partial charge in [-0.3, -0.25) is 4.90 Å². The molecule has 1 fully saturated rings. The van der Waals surface area contributed by atoms with E-state index in [2.05, 4.69) is 75.2 Å². The Balaban J connectivity index is 1.50. The van der Waals surface area contributed by atoms with Crippen molar-refractivity contribution in [1.82, 2.24) is 24.6 Å². The van der Waals surface area contributed by atoms with Gasteiger partial charge in [0.1, 0.15) is 17.5 Å².